The molecule has 1 amide bonds. The Bertz CT molecular complexity index is 878. The molecule has 7 heteroatoms. The number of nitrogens with zero attached hydrogens (tertiary/aromatic N) is 2. The predicted molar refractivity (Wildman–Crippen MR) is 107 cm³/mol. The molecule has 0 aliphatic carbocycles. The molecule has 128 valence electrons. The maximum absolute atomic E-state index is 12.1. The van der Waals surface area contributed by atoms with Gasteiger partial charge in [0.1, 0.15) is 0 Å². The smallest absolute Gasteiger partial charge is 0.234 e. The molecule has 0 radical (unpaired) electrons. The van der Waals surface area contributed by atoms with Crippen molar-refractivity contribution in [3.63, 3.8) is 0 Å². The lowest BCUT2D eigenvalue weighted by Crippen LogP contribution is -2.14. The fraction of sp³-hybridized carbons (Fsp3) is 0.111. The van der Waals surface area contributed by atoms with Gasteiger partial charge in [0.2, 0.25) is 5.91 Å². The third-order valence-corrected chi connectivity index (χ3v) is 5.37. The number of amides is 1. The largest absolute Gasteiger partial charge is 0.325 e. The minimum Gasteiger partial charge on any atom is -0.325 e. The van der Waals surface area contributed by atoms with Gasteiger partial charge in [-0.25, -0.2) is 4.98 Å². The van der Waals surface area contributed by atoms with Crippen LogP contribution in [0.15, 0.2) is 64.4 Å². The lowest BCUT2D eigenvalue weighted by Gasteiger charge is -2.07. The minimum absolute atomic E-state index is 0.0829. The molecule has 0 fully saturated rings. The standard InChI is InChI=1S/C18H15BrClN3OS/c1-23-16(12-2-4-13(19)5-3-12)10-21-18(23)25-11-17(24)22-15-8-6-14(20)7-9-15/h2-10H,11H2,1H3,(H,22,24). The third kappa shape index (κ3) is 4.66. The molecule has 0 saturated carbocycles. The highest BCUT2D eigenvalue weighted by Crippen LogP contribution is 2.26. The average Bonchev–Trinajstić information content (AvgIpc) is 2.97. The van der Waals surface area contributed by atoms with E-state index < -0.39 is 0 Å². The summed E-state index contributed by atoms with van der Waals surface area (Å²) >= 11 is 10.7. The highest BCUT2D eigenvalue weighted by molar-refractivity contribution is 9.10. The number of halogens is 2. The Morgan fingerprint density at radius 1 is 1.20 bits per heavy atom. The average molecular weight is 437 g/mol. The van der Waals surface area contributed by atoms with E-state index in [2.05, 4.69) is 26.2 Å². The van der Waals surface area contributed by atoms with Gasteiger partial charge in [0.05, 0.1) is 17.6 Å². The fourth-order valence-corrected chi connectivity index (χ4v) is 3.42. The van der Waals surface area contributed by atoms with Crippen molar-refractivity contribution < 1.29 is 4.79 Å². The molecule has 0 unspecified atom stereocenters. The summed E-state index contributed by atoms with van der Waals surface area (Å²) in [6, 6.07) is 15.1. The summed E-state index contributed by atoms with van der Waals surface area (Å²) in [6.07, 6.45) is 1.82. The van der Waals surface area contributed by atoms with E-state index in [0.29, 0.717) is 5.02 Å². The van der Waals surface area contributed by atoms with Crippen molar-refractivity contribution in [2.75, 3.05) is 11.1 Å². The fourth-order valence-electron chi connectivity index (χ4n) is 2.28. The molecular weight excluding hydrogens is 422 g/mol. The SMILES string of the molecule is Cn1c(-c2ccc(Br)cc2)cnc1SCC(=O)Nc1ccc(Cl)cc1. The molecule has 0 saturated heterocycles. The summed E-state index contributed by atoms with van der Waals surface area (Å²) in [5.41, 5.74) is 2.81. The van der Waals surface area contributed by atoms with Crippen molar-refractivity contribution >= 4 is 50.9 Å². The topological polar surface area (TPSA) is 46.9 Å². The Labute approximate surface area is 163 Å². The van der Waals surface area contributed by atoms with Gasteiger partial charge in [0.15, 0.2) is 5.16 Å². The number of carbonyl (C=O) groups is 1. The van der Waals surface area contributed by atoms with E-state index >= 15 is 0 Å². The monoisotopic (exact) mass is 435 g/mol. The highest BCUT2D eigenvalue weighted by atomic mass is 79.9. The zero-order chi connectivity index (χ0) is 17.8. The van der Waals surface area contributed by atoms with Crippen molar-refractivity contribution in [1.29, 1.82) is 0 Å². The van der Waals surface area contributed by atoms with Gasteiger partial charge in [-0.05, 0) is 42.0 Å². The van der Waals surface area contributed by atoms with Crippen LogP contribution >= 0.6 is 39.3 Å². The molecule has 1 heterocycles. The first kappa shape index (κ1) is 18.0. The minimum atomic E-state index is -0.0829. The van der Waals surface area contributed by atoms with Crippen LogP contribution in [0.1, 0.15) is 0 Å². The lowest BCUT2D eigenvalue weighted by molar-refractivity contribution is -0.113. The number of hydrogen-bond donors (Lipinski definition) is 1. The zero-order valence-electron chi connectivity index (χ0n) is 13.4. The van der Waals surface area contributed by atoms with E-state index in [9.17, 15) is 4.79 Å². The highest BCUT2D eigenvalue weighted by Gasteiger charge is 2.11. The summed E-state index contributed by atoms with van der Waals surface area (Å²) in [6.45, 7) is 0. The van der Waals surface area contributed by atoms with Crippen molar-refractivity contribution in [3.05, 3.63) is 64.2 Å². The van der Waals surface area contributed by atoms with Gasteiger partial charge >= 0.3 is 0 Å². The number of benzene rings is 2. The summed E-state index contributed by atoms with van der Waals surface area (Å²) in [5.74, 6) is 0.202. The Hall–Kier alpha value is -1.76. The van der Waals surface area contributed by atoms with Gasteiger partial charge in [-0.3, -0.25) is 4.79 Å². The Morgan fingerprint density at radius 2 is 1.88 bits per heavy atom. The molecule has 0 bridgehead atoms. The number of imidazole rings is 1. The van der Waals surface area contributed by atoms with E-state index in [1.807, 2.05) is 42.1 Å². The second-order valence-electron chi connectivity index (χ2n) is 5.34. The van der Waals surface area contributed by atoms with Crippen LogP contribution in [0.4, 0.5) is 5.69 Å². The molecular formula is C18H15BrClN3OS. The molecule has 0 spiro atoms. The van der Waals surface area contributed by atoms with Crippen molar-refractivity contribution in [2.45, 2.75) is 5.16 Å². The molecule has 1 aromatic heterocycles. The maximum atomic E-state index is 12.1. The summed E-state index contributed by atoms with van der Waals surface area (Å²) in [5, 5.41) is 4.28. The third-order valence-electron chi connectivity index (χ3n) is 3.55. The first-order valence-corrected chi connectivity index (χ1v) is 9.64. The van der Waals surface area contributed by atoms with E-state index in [-0.39, 0.29) is 11.7 Å². The van der Waals surface area contributed by atoms with Gasteiger partial charge in [0, 0.05) is 22.2 Å². The van der Waals surface area contributed by atoms with Crippen LogP contribution in [0.25, 0.3) is 11.3 Å². The normalized spacial score (nSPS) is 10.7. The van der Waals surface area contributed by atoms with Crippen molar-refractivity contribution in [2.24, 2.45) is 7.05 Å². The van der Waals surface area contributed by atoms with Gasteiger partial charge in [-0.15, -0.1) is 0 Å². The van der Waals surface area contributed by atoms with E-state index in [1.165, 1.54) is 11.8 Å². The van der Waals surface area contributed by atoms with Gasteiger partial charge in [-0.2, -0.15) is 0 Å². The quantitative estimate of drug-likeness (QED) is 0.557. The van der Waals surface area contributed by atoms with Crippen LogP contribution in [-0.2, 0) is 11.8 Å². The summed E-state index contributed by atoms with van der Waals surface area (Å²) < 4.78 is 3.02. The second kappa shape index (κ2) is 8.08. The molecule has 4 nitrogen and oxygen atoms in total. The number of aromatic nitrogens is 2. The van der Waals surface area contributed by atoms with Gasteiger partial charge < -0.3 is 9.88 Å². The number of thioether (sulfide) groups is 1. The van der Waals surface area contributed by atoms with E-state index in [1.54, 1.807) is 24.3 Å². The van der Waals surface area contributed by atoms with Crippen molar-refractivity contribution in [1.82, 2.24) is 9.55 Å². The number of anilines is 1. The van der Waals surface area contributed by atoms with Crippen molar-refractivity contribution in [3.8, 4) is 11.3 Å². The zero-order valence-corrected chi connectivity index (χ0v) is 16.5. The Balaban J connectivity index is 1.62. The number of hydrogen-bond acceptors (Lipinski definition) is 3. The van der Waals surface area contributed by atoms with E-state index in [4.69, 9.17) is 11.6 Å². The molecule has 25 heavy (non-hydrogen) atoms. The summed E-state index contributed by atoms with van der Waals surface area (Å²) in [4.78, 5) is 16.5. The molecule has 3 rings (SSSR count). The van der Waals surface area contributed by atoms with E-state index in [0.717, 1.165) is 26.6 Å². The molecule has 0 aliphatic heterocycles. The van der Waals surface area contributed by atoms with Gasteiger partial charge in [-0.1, -0.05) is 51.4 Å². The number of rotatable bonds is 5. The molecule has 3 aromatic rings. The van der Waals surface area contributed by atoms with Gasteiger partial charge in [0.25, 0.3) is 0 Å². The first-order chi connectivity index (χ1) is 12.0. The Kier molecular flexibility index (Phi) is 5.83. The molecule has 0 aliphatic rings. The molecule has 2 aromatic carbocycles. The predicted octanol–water partition coefficient (Wildman–Crippen LogP) is 5.23. The number of nitrogens with one attached hydrogen (secondary N) is 1. The maximum Gasteiger partial charge on any atom is 0.234 e. The number of carbonyl (C=O) groups excluding carboxylic acids is 1. The van der Waals surface area contributed by atoms with Crippen LogP contribution in [0.3, 0.4) is 0 Å². The van der Waals surface area contributed by atoms with Crippen LogP contribution in [-0.4, -0.2) is 21.2 Å². The summed E-state index contributed by atoms with van der Waals surface area (Å²) in [7, 11) is 1.95. The van der Waals surface area contributed by atoms with Crippen LogP contribution in [0.2, 0.25) is 5.02 Å². The molecule has 1 N–H and O–H groups in total. The van der Waals surface area contributed by atoms with Crippen LogP contribution in [0.5, 0.6) is 0 Å². The first-order valence-electron chi connectivity index (χ1n) is 7.49. The van der Waals surface area contributed by atoms with Crippen LogP contribution in [0, 0.1) is 0 Å². The Morgan fingerprint density at radius 3 is 2.56 bits per heavy atom. The second-order valence-corrected chi connectivity index (χ2v) is 7.63. The lowest BCUT2D eigenvalue weighted by atomic mass is 10.2. The van der Waals surface area contributed by atoms with Crippen LogP contribution < -0.4 is 5.32 Å². The molecule has 0 atom stereocenters.